The first-order valence-electron chi connectivity index (χ1n) is 7.43. The third kappa shape index (κ3) is 3.45. The average Bonchev–Trinajstić information content (AvgIpc) is 2.97. The minimum Gasteiger partial charge on any atom is -0.497 e. The highest BCUT2D eigenvalue weighted by Gasteiger charge is 2.18. The van der Waals surface area contributed by atoms with E-state index in [2.05, 4.69) is 10.6 Å². The predicted molar refractivity (Wildman–Crippen MR) is 101 cm³/mol. The lowest BCUT2D eigenvalue weighted by atomic mass is 10.2. The van der Waals surface area contributed by atoms with E-state index in [0.29, 0.717) is 26.9 Å². The average molecular weight is 375 g/mol. The molecule has 0 aliphatic rings. The Hall–Kier alpha value is -2.57. The van der Waals surface area contributed by atoms with Gasteiger partial charge in [0.15, 0.2) is 0 Å². The Kier molecular flexibility index (Phi) is 4.92. The number of methoxy groups -OCH3 is 1. The number of nitrogens with one attached hydrogen (secondary N) is 2. The van der Waals surface area contributed by atoms with Gasteiger partial charge in [-0.25, -0.2) is 0 Å². The van der Waals surface area contributed by atoms with Crippen LogP contribution in [-0.2, 0) is 0 Å². The Labute approximate surface area is 153 Å². The largest absolute Gasteiger partial charge is 0.497 e. The van der Waals surface area contributed by atoms with Gasteiger partial charge in [-0.1, -0.05) is 11.6 Å². The Balaban J connectivity index is 1.84. The van der Waals surface area contributed by atoms with E-state index in [-0.39, 0.29) is 11.8 Å². The normalized spacial score (nSPS) is 10.5. The number of benzene rings is 2. The van der Waals surface area contributed by atoms with Crippen molar-refractivity contribution < 1.29 is 14.3 Å². The zero-order valence-electron chi connectivity index (χ0n) is 13.6. The fourth-order valence-corrected chi connectivity index (χ4v) is 3.80. The molecule has 3 rings (SSSR count). The summed E-state index contributed by atoms with van der Waals surface area (Å²) in [6, 6.07) is 12.1. The van der Waals surface area contributed by atoms with Crippen molar-refractivity contribution in [1.29, 1.82) is 0 Å². The minimum absolute atomic E-state index is 0.181. The Morgan fingerprint density at radius 1 is 1.08 bits per heavy atom. The molecular formula is C18H15ClN2O3S. The van der Waals surface area contributed by atoms with Gasteiger partial charge in [0, 0.05) is 28.4 Å². The maximum Gasteiger partial charge on any atom is 0.267 e. The standard InChI is InChI=1S/C18H15ClN2O3S/c1-20-17(22)10-3-5-11(6-4-10)21-18(23)16-15(19)13-8-7-12(24-2)9-14(13)25-16/h3-9H,1-2H3,(H,20,22)(H,21,23). The van der Waals surface area contributed by atoms with E-state index in [9.17, 15) is 9.59 Å². The van der Waals surface area contributed by atoms with Crippen molar-refractivity contribution in [2.45, 2.75) is 0 Å². The molecule has 0 unspecified atom stereocenters. The quantitative estimate of drug-likeness (QED) is 0.720. The van der Waals surface area contributed by atoms with Crippen molar-refractivity contribution in [3.8, 4) is 5.75 Å². The summed E-state index contributed by atoms with van der Waals surface area (Å²) in [6.07, 6.45) is 0. The number of halogens is 1. The molecule has 2 aromatic carbocycles. The van der Waals surface area contributed by atoms with Gasteiger partial charge in [-0.15, -0.1) is 11.3 Å². The molecule has 2 amide bonds. The maximum absolute atomic E-state index is 12.5. The van der Waals surface area contributed by atoms with E-state index >= 15 is 0 Å². The molecule has 0 atom stereocenters. The molecule has 0 spiro atoms. The van der Waals surface area contributed by atoms with Crippen LogP contribution in [0.15, 0.2) is 42.5 Å². The van der Waals surface area contributed by atoms with Gasteiger partial charge in [-0.2, -0.15) is 0 Å². The van der Waals surface area contributed by atoms with Crippen molar-refractivity contribution in [2.75, 3.05) is 19.5 Å². The van der Waals surface area contributed by atoms with Crippen LogP contribution in [0.25, 0.3) is 10.1 Å². The fraction of sp³-hybridized carbons (Fsp3) is 0.111. The predicted octanol–water partition coefficient (Wildman–Crippen LogP) is 4.18. The molecular weight excluding hydrogens is 360 g/mol. The topological polar surface area (TPSA) is 67.4 Å². The van der Waals surface area contributed by atoms with Crippen LogP contribution in [0.1, 0.15) is 20.0 Å². The fourth-order valence-electron chi connectivity index (χ4n) is 2.36. The van der Waals surface area contributed by atoms with Crippen LogP contribution in [-0.4, -0.2) is 26.0 Å². The molecule has 0 saturated carbocycles. The third-order valence-corrected chi connectivity index (χ3v) is 5.33. The van der Waals surface area contributed by atoms with Gasteiger partial charge >= 0.3 is 0 Å². The van der Waals surface area contributed by atoms with E-state index in [0.717, 1.165) is 10.1 Å². The van der Waals surface area contributed by atoms with Crippen LogP contribution >= 0.6 is 22.9 Å². The highest BCUT2D eigenvalue weighted by molar-refractivity contribution is 7.21. The van der Waals surface area contributed by atoms with Gasteiger partial charge in [-0.3, -0.25) is 9.59 Å². The molecule has 1 aromatic heterocycles. The second-order valence-electron chi connectivity index (χ2n) is 5.22. The third-order valence-electron chi connectivity index (χ3n) is 3.67. The van der Waals surface area contributed by atoms with Crippen LogP contribution in [0.5, 0.6) is 5.75 Å². The maximum atomic E-state index is 12.5. The summed E-state index contributed by atoms with van der Waals surface area (Å²) in [7, 11) is 3.16. The molecule has 3 aromatic rings. The summed E-state index contributed by atoms with van der Waals surface area (Å²) in [5, 5.41) is 6.57. The zero-order valence-corrected chi connectivity index (χ0v) is 15.1. The Bertz CT molecular complexity index is 951. The summed E-state index contributed by atoms with van der Waals surface area (Å²) in [4.78, 5) is 24.5. The van der Waals surface area contributed by atoms with Gasteiger partial charge in [0.1, 0.15) is 10.6 Å². The number of hydrogen-bond donors (Lipinski definition) is 2. The molecule has 0 aliphatic heterocycles. The summed E-state index contributed by atoms with van der Waals surface area (Å²) in [5.41, 5.74) is 1.11. The van der Waals surface area contributed by atoms with Gasteiger partial charge < -0.3 is 15.4 Å². The van der Waals surface area contributed by atoms with E-state index in [1.54, 1.807) is 44.5 Å². The monoisotopic (exact) mass is 374 g/mol. The zero-order chi connectivity index (χ0) is 18.0. The van der Waals surface area contributed by atoms with Crippen LogP contribution in [0.2, 0.25) is 5.02 Å². The van der Waals surface area contributed by atoms with Gasteiger partial charge in [0.25, 0.3) is 11.8 Å². The van der Waals surface area contributed by atoms with E-state index in [1.165, 1.54) is 11.3 Å². The molecule has 128 valence electrons. The lowest BCUT2D eigenvalue weighted by Crippen LogP contribution is -2.17. The molecule has 2 N–H and O–H groups in total. The Morgan fingerprint density at radius 2 is 1.80 bits per heavy atom. The van der Waals surface area contributed by atoms with Crippen LogP contribution < -0.4 is 15.4 Å². The number of carbonyl (C=O) groups excluding carboxylic acids is 2. The first kappa shape index (κ1) is 17.3. The van der Waals surface area contributed by atoms with Crippen molar-refractivity contribution >= 4 is 50.5 Å². The van der Waals surface area contributed by atoms with Gasteiger partial charge in [-0.05, 0) is 42.5 Å². The van der Waals surface area contributed by atoms with Gasteiger partial charge in [0.05, 0.1) is 12.1 Å². The lowest BCUT2D eigenvalue weighted by Gasteiger charge is -2.05. The molecule has 1 heterocycles. The number of anilines is 1. The highest BCUT2D eigenvalue weighted by atomic mass is 35.5. The van der Waals surface area contributed by atoms with E-state index in [1.807, 2.05) is 12.1 Å². The molecule has 0 fully saturated rings. The number of thiophene rings is 1. The van der Waals surface area contributed by atoms with E-state index in [4.69, 9.17) is 16.3 Å². The number of hydrogen-bond acceptors (Lipinski definition) is 4. The van der Waals surface area contributed by atoms with Crippen LogP contribution in [0.4, 0.5) is 5.69 Å². The molecule has 25 heavy (non-hydrogen) atoms. The summed E-state index contributed by atoms with van der Waals surface area (Å²) >= 11 is 7.66. The van der Waals surface area contributed by atoms with Crippen LogP contribution in [0, 0.1) is 0 Å². The SMILES string of the molecule is CNC(=O)c1ccc(NC(=O)c2sc3cc(OC)ccc3c2Cl)cc1. The lowest BCUT2D eigenvalue weighted by molar-refractivity contribution is 0.0962. The van der Waals surface area contributed by atoms with Crippen molar-refractivity contribution in [2.24, 2.45) is 0 Å². The number of amides is 2. The highest BCUT2D eigenvalue weighted by Crippen LogP contribution is 2.37. The second-order valence-corrected chi connectivity index (χ2v) is 6.65. The smallest absolute Gasteiger partial charge is 0.267 e. The van der Waals surface area contributed by atoms with Gasteiger partial charge in [0.2, 0.25) is 0 Å². The van der Waals surface area contributed by atoms with E-state index < -0.39 is 0 Å². The molecule has 0 radical (unpaired) electrons. The number of ether oxygens (including phenoxy) is 1. The molecule has 0 saturated heterocycles. The van der Waals surface area contributed by atoms with Crippen LogP contribution in [0.3, 0.4) is 0 Å². The summed E-state index contributed by atoms with van der Waals surface area (Å²) in [5.74, 6) is 0.236. The molecule has 7 heteroatoms. The van der Waals surface area contributed by atoms with Crippen molar-refractivity contribution in [1.82, 2.24) is 5.32 Å². The summed E-state index contributed by atoms with van der Waals surface area (Å²) < 4.78 is 6.08. The number of fused-ring (bicyclic) bond motifs is 1. The second kappa shape index (κ2) is 7.13. The molecule has 0 bridgehead atoms. The molecule has 0 aliphatic carbocycles. The number of carbonyl (C=O) groups is 2. The first-order chi connectivity index (χ1) is 12.0. The molecule has 5 nitrogen and oxygen atoms in total. The van der Waals surface area contributed by atoms with Crippen molar-refractivity contribution in [3.05, 3.63) is 57.9 Å². The van der Waals surface area contributed by atoms with Crippen molar-refractivity contribution in [3.63, 3.8) is 0 Å². The first-order valence-corrected chi connectivity index (χ1v) is 8.62. The Morgan fingerprint density at radius 3 is 2.44 bits per heavy atom. The summed E-state index contributed by atoms with van der Waals surface area (Å²) in [6.45, 7) is 0. The minimum atomic E-state index is -0.294. The number of rotatable bonds is 4.